The van der Waals surface area contributed by atoms with Crippen molar-refractivity contribution >= 4 is 11.0 Å². The molecule has 0 aliphatic heterocycles. The first-order valence-corrected chi connectivity index (χ1v) is 7.37. The van der Waals surface area contributed by atoms with Gasteiger partial charge in [0.05, 0.1) is 25.3 Å². The molecule has 120 valence electrons. The van der Waals surface area contributed by atoms with Crippen molar-refractivity contribution in [1.29, 1.82) is 0 Å². The van der Waals surface area contributed by atoms with Gasteiger partial charge in [0, 0.05) is 13.1 Å². The minimum atomic E-state index is -0.772. The number of rotatable bonds is 4. The van der Waals surface area contributed by atoms with Crippen LogP contribution in [0.3, 0.4) is 0 Å². The Balaban J connectivity index is 2.04. The number of hydrogen-bond donors (Lipinski definition) is 1. The number of fused-ring (bicyclic) bond motifs is 1. The number of hydrogen-bond acceptors (Lipinski definition) is 4. The van der Waals surface area contributed by atoms with Crippen LogP contribution in [-0.4, -0.2) is 28.9 Å². The molecule has 0 radical (unpaired) electrons. The Labute approximate surface area is 135 Å². The van der Waals surface area contributed by atoms with Gasteiger partial charge in [0.1, 0.15) is 23.4 Å². The van der Waals surface area contributed by atoms with E-state index in [1.54, 1.807) is 32.4 Å². The summed E-state index contributed by atoms with van der Waals surface area (Å²) in [7, 11) is 5.16. The lowest BCUT2D eigenvalue weighted by molar-refractivity contribution is 0.219. The highest BCUT2D eigenvalue weighted by Crippen LogP contribution is 2.31. The summed E-state index contributed by atoms with van der Waals surface area (Å²) in [6, 6.07) is 11.2. The Kier molecular flexibility index (Phi) is 3.96. The van der Waals surface area contributed by atoms with Crippen LogP contribution in [0.25, 0.3) is 11.0 Å². The van der Waals surface area contributed by atoms with Crippen molar-refractivity contribution in [2.45, 2.75) is 13.0 Å². The molecule has 5 heteroatoms. The van der Waals surface area contributed by atoms with E-state index in [1.165, 1.54) is 0 Å². The van der Waals surface area contributed by atoms with Gasteiger partial charge in [-0.1, -0.05) is 6.07 Å². The first-order valence-electron chi connectivity index (χ1n) is 7.37. The number of aryl methyl sites for hydroxylation is 2. The largest absolute Gasteiger partial charge is 0.497 e. The molecule has 0 fully saturated rings. The number of methoxy groups -OCH3 is 2. The van der Waals surface area contributed by atoms with Crippen molar-refractivity contribution in [3.05, 3.63) is 53.3 Å². The van der Waals surface area contributed by atoms with Gasteiger partial charge in [-0.05, 0) is 42.3 Å². The SMILES string of the molecule is COc1cc(OC)cc([C@@H](O)c2ccc3c(c2)nc(C)n3C)c1. The van der Waals surface area contributed by atoms with Crippen LogP contribution in [0.15, 0.2) is 36.4 Å². The number of aromatic nitrogens is 2. The Morgan fingerprint density at radius 2 is 1.65 bits per heavy atom. The summed E-state index contributed by atoms with van der Waals surface area (Å²) in [5, 5.41) is 10.7. The molecule has 0 saturated carbocycles. The van der Waals surface area contributed by atoms with E-state index in [2.05, 4.69) is 4.98 Å². The van der Waals surface area contributed by atoms with Crippen LogP contribution < -0.4 is 9.47 Å². The van der Waals surface area contributed by atoms with Gasteiger partial charge in [0.25, 0.3) is 0 Å². The third-order valence-corrected chi connectivity index (χ3v) is 4.13. The van der Waals surface area contributed by atoms with Gasteiger partial charge in [0.2, 0.25) is 0 Å². The molecule has 3 aromatic rings. The van der Waals surface area contributed by atoms with E-state index in [9.17, 15) is 5.11 Å². The molecule has 5 nitrogen and oxygen atoms in total. The lowest BCUT2D eigenvalue weighted by Gasteiger charge is -2.14. The number of ether oxygens (including phenoxy) is 2. The molecule has 0 amide bonds. The monoisotopic (exact) mass is 312 g/mol. The lowest BCUT2D eigenvalue weighted by Crippen LogP contribution is -2.01. The van der Waals surface area contributed by atoms with Crippen molar-refractivity contribution in [3.63, 3.8) is 0 Å². The first-order chi connectivity index (χ1) is 11.0. The molecule has 0 unspecified atom stereocenters. The second kappa shape index (κ2) is 5.93. The minimum Gasteiger partial charge on any atom is -0.497 e. The van der Waals surface area contributed by atoms with E-state index in [0.29, 0.717) is 17.1 Å². The fourth-order valence-electron chi connectivity index (χ4n) is 2.69. The predicted molar refractivity (Wildman–Crippen MR) is 89.1 cm³/mol. The molecule has 0 aliphatic rings. The Bertz CT molecular complexity index is 833. The Morgan fingerprint density at radius 1 is 1.00 bits per heavy atom. The van der Waals surface area contributed by atoms with Crippen molar-refractivity contribution in [1.82, 2.24) is 9.55 Å². The molecule has 0 aliphatic carbocycles. The number of aliphatic hydroxyl groups is 1. The standard InChI is InChI=1S/C18H20N2O3/c1-11-19-16-9-12(5-6-17(16)20(11)2)18(21)13-7-14(22-3)10-15(8-13)23-4/h5-10,18,21H,1-4H3/t18-/m0/s1. The highest BCUT2D eigenvalue weighted by Gasteiger charge is 2.15. The second-order valence-electron chi connectivity index (χ2n) is 5.51. The van der Waals surface area contributed by atoms with E-state index in [1.807, 2.05) is 36.7 Å². The zero-order chi connectivity index (χ0) is 16.6. The zero-order valence-electron chi connectivity index (χ0n) is 13.7. The molecular formula is C18H20N2O3. The molecule has 0 saturated heterocycles. The quantitative estimate of drug-likeness (QED) is 0.804. The van der Waals surface area contributed by atoms with E-state index in [-0.39, 0.29) is 0 Å². The fraction of sp³-hybridized carbons (Fsp3) is 0.278. The van der Waals surface area contributed by atoms with E-state index in [0.717, 1.165) is 22.4 Å². The molecule has 2 aromatic carbocycles. The smallest absolute Gasteiger partial charge is 0.122 e. The first kappa shape index (κ1) is 15.4. The van der Waals surface area contributed by atoms with Crippen LogP contribution in [-0.2, 0) is 7.05 Å². The van der Waals surface area contributed by atoms with E-state index < -0.39 is 6.10 Å². The number of aliphatic hydroxyl groups excluding tert-OH is 1. The molecule has 0 bridgehead atoms. The fourth-order valence-corrected chi connectivity index (χ4v) is 2.69. The van der Waals surface area contributed by atoms with Crippen LogP contribution in [0.5, 0.6) is 11.5 Å². The van der Waals surface area contributed by atoms with E-state index in [4.69, 9.17) is 9.47 Å². The van der Waals surface area contributed by atoms with Crippen molar-refractivity contribution < 1.29 is 14.6 Å². The summed E-state index contributed by atoms with van der Waals surface area (Å²) < 4.78 is 12.6. The number of nitrogens with zero attached hydrogens (tertiary/aromatic N) is 2. The summed E-state index contributed by atoms with van der Waals surface area (Å²) in [4.78, 5) is 4.52. The van der Waals surface area contributed by atoms with Crippen LogP contribution in [0, 0.1) is 6.92 Å². The molecule has 1 atom stereocenters. The van der Waals surface area contributed by atoms with Gasteiger partial charge >= 0.3 is 0 Å². The van der Waals surface area contributed by atoms with Crippen LogP contribution in [0.2, 0.25) is 0 Å². The maximum absolute atomic E-state index is 10.7. The van der Waals surface area contributed by atoms with Crippen LogP contribution in [0.1, 0.15) is 23.1 Å². The molecule has 1 heterocycles. The zero-order valence-corrected chi connectivity index (χ0v) is 13.7. The maximum atomic E-state index is 10.7. The third-order valence-electron chi connectivity index (χ3n) is 4.13. The van der Waals surface area contributed by atoms with Crippen molar-refractivity contribution in [2.24, 2.45) is 7.05 Å². The van der Waals surface area contributed by atoms with Crippen molar-refractivity contribution in [2.75, 3.05) is 14.2 Å². The van der Waals surface area contributed by atoms with Gasteiger partial charge < -0.3 is 19.1 Å². The van der Waals surface area contributed by atoms with Gasteiger partial charge in [-0.25, -0.2) is 4.98 Å². The Hall–Kier alpha value is -2.53. The highest BCUT2D eigenvalue weighted by molar-refractivity contribution is 5.77. The van der Waals surface area contributed by atoms with Gasteiger partial charge in [-0.2, -0.15) is 0 Å². The summed E-state index contributed by atoms with van der Waals surface area (Å²) >= 11 is 0. The highest BCUT2D eigenvalue weighted by atomic mass is 16.5. The van der Waals surface area contributed by atoms with Crippen LogP contribution >= 0.6 is 0 Å². The van der Waals surface area contributed by atoms with Gasteiger partial charge in [0.15, 0.2) is 0 Å². The van der Waals surface area contributed by atoms with Crippen LogP contribution in [0.4, 0.5) is 0 Å². The van der Waals surface area contributed by atoms with Gasteiger partial charge in [-0.3, -0.25) is 0 Å². The molecule has 1 aromatic heterocycles. The molecule has 3 rings (SSSR count). The normalized spacial score (nSPS) is 12.4. The minimum absolute atomic E-state index is 0.646. The number of imidazole rings is 1. The van der Waals surface area contributed by atoms with Gasteiger partial charge in [-0.15, -0.1) is 0 Å². The molecule has 0 spiro atoms. The predicted octanol–water partition coefficient (Wildman–Crippen LogP) is 2.98. The maximum Gasteiger partial charge on any atom is 0.122 e. The Morgan fingerprint density at radius 3 is 2.26 bits per heavy atom. The second-order valence-corrected chi connectivity index (χ2v) is 5.51. The average molecular weight is 312 g/mol. The summed E-state index contributed by atoms with van der Waals surface area (Å²) in [5.41, 5.74) is 3.41. The molecule has 1 N–H and O–H groups in total. The molecule has 23 heavy (non-hydrogen) atoms. The van der Waals surface area contributed by atoms with E-state index >= 15 is 0 Å². The summed E-state index contributed by atoms with van der Waals surface area (Å²) in [6.07, 6.45) is -0.772. The summed E-state index contributed by atoms with van der Waals surface area (Å²) in [6.45, 7) is 1.96. The third kappa shape index (κ3) is 2.75. The topological polar surface area (TPSA) is 56.5 Å². The lowest BCUT2D eigenvalue weighted by atomic mass is 10.0. The summed E-state index contributed by atoms with van der Waals surface area (Å²) in [5.74, 6) is 2.23. The number of benzene rings is 2. The average Bonchev–Trinajstić information content (AvgIpc) is 2.87. The molecular weight excluding hydrogens is 292 g/mol. The van der Waals surface area contributed by atoms with Crippen molar-refractivity contribution in [3.8, 4) is 11.5 Å².